The van der Waals surface area contributed by atoms with Crippen molar-refractivity contribution >= 4 is 11.9 Å². The molecule has 4 atom stereocenters. The number of carbonyl (C=O) groups excluding carboxylic acids is 1. The number of carboxylic acid groups (broad SMARTS) is 1. The highest BCUT2D eigenvalue weighted by atomic mass is 16.4. The number of amides is 1. The molecule has 1 aromatic carbocycles. The van der Waals surface area contributed by atoms with Gasteiger partial charge in [-0.3, -0.25) is 9.59 Å². The topological polar surface area (TPSA) is 57.6 Å². The fraction of sp³-hybridized carbons (Fsp3) is 0.524. The van der Waals surface area contributed by atoms with Gasteiger partial charge < -0.3 is 10.0 Å². The predicted octanol–water partition coefficient (Wildman–Crippen LogP) is 2.99. The van der Waals surface area contributed by atoms with Crippen LogP contribution in [0.1, 0.15) is 24.8 Å². The van der Waals surface area contributed by atoms with Gasteiger partial charge in [0, 0.05) is 13.1 Å². The highest BCUT2D eigenvalue weighted by molar-refractivity contribution is 5.87. The van der Waals surface area contributed by atoms with E-state index in [-0.39, 0.29) is 23.7 Å². The van der Waals surface area contributed by atoms with Crippen molar-refractivity contribution in [2.45, 2.75) is 25.7 Å². The van der Waals surface area contributed by atoms with Gasteiger partial charge in [-0.15, -0.1) is 0 Å². The molecule has 132 valence electrons. The van der Waals surface area contributed by atoms with Gasteiger partial charge in [0.25, 0.3) is 0 Å². The number of hydrogen-bond acceptors (Lipinski definition) is 2. The standard InChI is InChI=1S/C21H25NO3/c23-20(18-16-6-7-17(13-16)19(18)21(24)25)22-10-8-15(9-11-22)12-14-4-2-1-3-5-14/h1-7,15-19H,8-13H2,(H,24,25)/t16-,17-,18+,19+/m0/s1. The molecule has 2 fully saturated rings. The number of aliphatic carboxylic acids is 1. The zero-order valence-electron chi connectivity index (χ0n) is 14.4. The molecule has 4 nitrogen and oxygen atoms in total. The number of piperidine rings is 1. The molecule has 0 unspecified atom stereocenters. The minimum Gasteiger partial charge on any atom is -0.481 e. The van der Waals surface area contributed by atoms with Gasteiger partial charge in [-0.05, 0) is 49.0 Å². The van der Waals surface area contributed by atoms with Gasteiger partial charge in [-0.25, -0.2) is 0 Å². The summed E-state index contributed by atoms with van der Waals surface area (Å²) < 4.78 is 0. The molecule has 2 bridgehead atoms. The molecule has 1 aromatic rings. The number of hydrogen-bond donors (Lipinski definition) is 1. The van der Waals surface area contributed by atoms with Crippen LogP contribution in [0.25, 0.3) is 0 Å². The summed E-state index contributed by atoms with van der Waals surface area (Å²) >= 11 is 0. The van der Waals surface area contributed by atoms with Crippen molar-refractivity contribution in [3.63, 3.8) is 0 Å². The Morgan fingerprint density at radius 1 is 1.00 bits per heavy atom. The molecule has 1 saturated carbocycles. The molecular formula is C21H25NO3. The second kappa shape index (κ2) is 6.66. The van der Waals surface area contributed by atoms with Gasteiger partial charge in [0.1, 0.15) is 0 Å². The zero-order valence-corrected chi connectivity index (χ0v) is 14.4. The Morgan fingerprint density at radius 3 is 2.28 bits per heavy atom. The van der Waals surface area contributed by atoms with E-state index in [0.29, 0.717) is 5.92 Å². The quantitative estimate of drug-likeness (QED) is 0.858. The number of fused-ring (bicyclic) bond motifs is 2. The fourth-order valence-corrected chi connectivity index (χ4v) is 5.01. The monoisotopic (exact) mass is 339 g/mol. The predicted molar refractivity (Wildman–Crippen MR) is 94.8 cm³/mol. The number of likely N-dealkylation sites (tertiary alicyclic amines) is 1. The first-order valence-corrected chi connectivity index (χ1v) is 9.37. The molecular weight excluding hydrogens is 314 g/mol. The van der Waals surface area contributed by atoms with Gasteiger partial charge in [-0.2, -0.15) is 0 Å². The maximum atomic E-state index is 13.0. The van der Waals surface area contributed by atoms with Crippen molar-refractivity contribution < 1.29 is 14.7 Å². The molecule has 2 aliphatic carbocycles. The van der Waals surface area contributed by atoms with Crippen molar-refractivity contribution in [3.8, 4) is 0 Å². The van der Waals surface area contributed by atoms with E-state index in [1.54, 1.807) is 0 Å². The summed E-state index contributed by atoms with van der Waals surface area (Å²) in [7, 11) is 0. The average molecular weight is 339 g/mol. The molecule has 0 aromatic heterocycles. The number of allylic oxidation sites excluding steroid dienone is 2. The molecule has 1 saturated heterocycles. The number of benzene rings is 1. The highest BCUT2D eigenvalue weighted by Crippen LogP contribution is 2.49. The van der Waals surface area contributed by atoms with Crippen molar-refractivity contribution in [1.29, 1.82) is 0 Å². The number of carboxylic acids is 1. The second-order valence-electron chi connectivity index (χ2n) is 7.80. The smallest absolute Gasteiger partial charge is 0.307 e. The maximum Gasteiger partial charge on any atom is 0.307 e. The lowest BCUT2D eigenvalue weighted by Gasteiger charge is -2.36. The molecule has 25 heavy (non-hydrogen) atoms. The highest BCUT2D eigenvalue weighted by Gasteiger charge is 2.52. The number of carbonyl (C=O) groups is 2. The first-order valence-electron chi connectivity index (χ1n) is 9.37. The van der Waals surface area contributed by atoms with Crippen LogP contribution in [0.2, 0.25) is 0 Å². The molecule has 0 spiro atoms. The molecule has 1 heterocycles. The summed E-state index contributed by atoms with van der Waals surface area (Å²) in [5.74, 6) is -0.825. The lowest BCUT2D eigenvalue weighted by molar-refractivity contribution is -0.151. The van der Waals surface area contributed by atoms with Crippen LogP contribution in [0, 0.1) is 29.6 Å². The van der Waals surface area contributed by atoms with Crippen LogP contribution in [0.3, 0.4) is 0 Å². The normalized spacial score (nSPS) is 31.4. The first-order chi connectivity index (χ1) is 12.1. The fourth-order valence-electron chi connectivity index (χ4n) is 5.01. The summed E-state index contributed by atoms with van der Waals surface area (Å²) in [5.41, 5.74) is 1.36. The Labute approximate surface area is 148 Å². The number of nitrogens with zero attached hydrogens (tertiary/aromatic N) is 1. The Balaban J connectivity index is 1.37. The van der Waals surface area contributed by atoms with Crippen LogP contribution >= 0.6 is 0 Å². The lowest BCUT2D eigenvalue weighted by atomic mass is 9.81. The van der Waals surface area contributed by atoms with E-state index in [4.69, 9.17) is 0 Å². The molecule has 4 heteroatoms. The van der Waals surface area contributed by atoms with Crippen LogP contribution < -0.4 is 0 Å². The molecule has 1 N–H and O–H groups in total. The van der Waals surface area contributed by atoms with Crippen LogP contribution in [-0.2, 0) is 16.0 Å². The lowest BCUT2D eigenvalue weighted by Crippen LogP contribution is -2.46. The Morgan fingerprint density at radius 2 is 1.64 bits per heavy atom. The van der Waals surface area contributed by atoms with E-state index >= 15 is 0 Å². The van der Waals surface area contributed by atoms with Crippen molar-refractivity contribution in [3.05, 3.63) is 48.0 Å². The molecule has 3 aliphatic rings. The van der Waals surface area contributed by atoms with E-state index in [2.05, 4.69) is 30.3 Å². The van der Waals surface area contributed by atoms with Crippen molar-refractivity contribution in [2.75, 3.05) is 13.1 Å². The summed E-state index contributed by atoms with van der Waals surface area (Å²) in [4.78, 5) is 26.6. The molecule has 1 amide bonds. The van der Waals surface area contributed by atoms with E-state index in [1.807, 2.05) is 17.0 Å². The molecule has 1 aliphatic heterocycles. The van der Waals surface area contributed by atoms with E-state index < -0.39 is 11.9 Å². The van der Waals surface area contributed by atoms with Crippen LogP contribution in [0.5, 0.6) is 0 Å². The maximum absolute atomic E-state index is 13.0. The number of rotatable bonds is 4. The molecule has 4 rings (SSSR count). The van der Waals surface area contributed by atoms with Crippen molar-refractivity contribution in [1.82, 2.24) is 4.90 Å². The summed E-state index contributed by atoms with van der Waals surface area (Å²) in [6.45, 7) is 1.53. The van der Waals surface area contributed by atoms with Gasteiger partial charge in [0.2, 0.25) is 5.91 Å². The minimum atomic E-state index is -0.811. The van der Waals surface area contributed by atoms with Crippen LogP contribution in [0.15, 0.2) is 42.5 Å². The Bertz CT molecular complexity index is 676. The van der Waals surface area contributed by atoms with Crippen molar-refractivity contribution in [2.24, 2.45) is 29.6 Å². The minimum absolute atomic E-state index is 0.0482. The zero-order chi connectivity index (χ0) is 17.4. The Hall–Kier alpha value is -2.10. The third-order valence-corrected chi connectivity index (χ3v) is 6.32. The van der Waals surface area contributed by atoms with Crippen LogP contribution in [0.4, 0.5) is 0 Å². The average Bonchev–Trinajstić information content (AvgIpc) is 3.24. The first kappa shape index (κ1) is 16.4. The van der Waals surface area contributed by atoms with Gasteiger partial charge in [0.15, 0.2) is 0 Å². The molecule has 0 radical (unpaired) electrons. The summed E-state index contributed by atoms with van der Waals surface area (Å²) in [5, 5.41) is 9.55. The van der Waals surface area contributed by atoms with Gasteiger partial charge in [-0.1, -0.05) is 42.5 Å². The van der Waals surface area contributed by atoms with E-state index in [1.165, 1.54) is 5.56 Å². The third kappa shape index (κ3) is 3.10. The Kier molecular flexibility index (Phi) is 4.36. The van der Waals surface area contributed by atoms with Gasteiger partial charge >= 0.3 is 5.97 Å². The summed E-state index contributed by atoms with van der Waals surface area (Å²) in [6, 6.07) is 10.5. The third-order valence-electron chi connectivity index (χ3n) is 6.32. The van der Waals surface area contributed by atoms with E-state index in [0.717, 1.165) is 38.8 Å². The SMILES string of the molecule is O=C(O)[C@H]1[C@H](C(=O)N2CCC(Cc3ccccc3)CC2)[C@H]2C=C[C@H]1C2. The largest absolute Gasteiger partial charge is 0.481 e. The van der Waals surface area contributed by atoms with Gasteiger partial charge in [0.05, 0.1) is 11.8 Å². The second-order valence-corrected chi connectivity index (χ2v) is 7.80. The summed E-state index contributed by atoms with van der Waals surface area (Å²) in [6.07, 6.45) is 7.98. The van der Waals surface area contributed by atoms with E-state index in [9.17, 15) is 14.7 Å². The van der Waals surface area contributed by atoms with Crippen LogP contribution in [-0.4, -0.2) is 35.0 Å².